The Morgan fingerprint density at radius 2 is 1.25 bits per heavy atom. The van der Waals surface area contributed by atoms with Crippen molar-refractivity contribution in [3.8, 4) is 0 Å². The summed E-state index contributed by atoms with van der Waals surface area (Å²) in [6.45, 7) is 4.87. The number of nitrogens with zero attached hydrogens (tertiary/aromatic N) is 7. The molecule has 0 aliphatic carbocycles. The first-order valence-electron chi connectivity index (χ1n) is 12.3. The van der Waals surface area contributed by atoms with Gasteiger partial charge in [0.15, 0.2) is 6.20 Å². The molecule has 0 saturated carbocycles. The third-order valence-electron chi connectivity index (χ3n) is 7.35. The Kier molecular flexibility index (Phi) is 6.79. The molecule has 6 fully saturated rings. The van der Waals surface area contributed by atoms with Gasteiger partial charge in [0, 0.05) is 44.3 Å². The van der Waals surface area contributed by atoms with Crippen molar-refractivity contribution in [2.75, 3.05) is 54.8 Å². The second-order valence-electron chi connectivity index (χ2n) is 9.62. The number of nitrogen functional groups attached to an aromatic ring is 1. The van der Waals surface area contributed by atoms with E-state index in [0.717, 1.165) is 57.5 Å². The average Bonchev–Trinajstić information content (AvgIpc) is 3.28. The molecule has 6 aliphatic rings. The van der Waals surface area contributed by atoms with Crippen LogP contribution in [0.15, 0.2) is 36.7 Å². The van der Waals surface area contributed by atoms with Gasteiger partial charge in [0.1, 0.15) is 5.82 Å². The molecular formula is C24H30N8O4. The maximum absolute atomic E-state index is 12.2. The van der Waals surface area contributed by atoms with Crippen LogP contribution >= 0.6 is 0 Å². The summed E-state index contributed by atoms with van der Waals surface area (Å²) in [5.74, 6) is 0.523. The van der Waals surface area contributed by atoms with Crippen LogP contribution in [-0.2, 0) is 9.59 Å². The molecule has 36 heavy (non-hydrogen) atoms. The summed E-state index contributed by atoms with van der Waals surface area (Å²) in [6, 6.07) is 7.10. The van der Waals surface area contributed by atoms with Crippen molar-refractivity contribution in [2.24, 2.45) is 0 Å². The molecule has 2 amide bonds. The molecule has 8 rings (SSSR count). The van der Waals surface area contributed by atoms with Gasteiger partial charge in [0.2, 0.25) is 11.8 Å². The van der Waals surface area contributed by atoms with E-state index in [1.807, 2.05) is 11.0 Å². The number of amides is 2. The summed E-state index contributed by atoms with van der Waals surface area (Å²) in [7, 11) is 0. The molecule has 0 aromatic carbocycles. The van der Waals surface area contributed by atoms with Gasteiger partial charge in [-0.1, -0.05) is 0 Å². The van der Waals surface area contributed by atoms with Gasteiger partial charge in [-0.2, -0.15) is 0 Å². The summed E-state index contributed by atoms with van der Waals surface area (Å²) >= 11 is 0. The number of piperidine rings is 2. The van der Waals surface area contributed by atoms with E-state index in [4.69, 9.17) is 5.73 Å². The van der Waals surface area contributed by atoms with Gasteiger partial charge in [-0.3, -0.25) is 19.4 Å². The zero-order valence-corrected chi connectivity index (χ0v) is 20.0. The van der Waals surface area contributed by atoms with E-state index in [9.17, 15) is 19.7 Å². The average molecular weight is 495 g/mol. The fraction of sp³-hybridized carbons (Fsp3) is 0.500. The van der Waals surface area contributed by atoms with Gasteiger partial charge in [-0.15, -0.1) is 0 Å². The number of aromatic nitrogens is 2. The lowest BCUT2D eigenvalue weighted by Crippen LogP contribution is -2.40. The molecule has 12 heteroatoms. The van der Waals surface area contributed by atoms with Gasteiger partial charge in [0.05, 0.1) is 30.7 Å². The lowest BCUT2D eigenvalue weighted by atomic mass is 10.0. The summed E-state index contributed by atoms with van der Waals surface area (Å²) < 4.78 is 0. The van der Waals surface area contributed by atoms with Crippen LogP contribution in [0.2, 0.25) is 0 Å². The highest BCUT2D eigenvalue weighted by Crippen LogP contribution is 2.28. The number of hydrogen-bond acceptors (Lipinski definition) is 9. The summed E-state index contributed by atoms with van der Waals surface area (Å²) in [5.41, 5.74) is 7.10. The van der Waals surface area contributed by atoms with Crippen LogP contribution in [0.1, 0.15) is 25.7 Å². The molecule has 2 N–H and O–H groups in total. The normalized spacial score (nSPS) is 27.2. The monoisotopic (exact) mass is 494 g/mol. The van der Waals surface area contributed by atoms with E-state index >= 15 is 0 Å². The Labute approximate surface area is 208 Å². The predicted octanol–water partition coefficient (Wildman–Crippen LogP) is 1.28. The number of hydrogen-bond donors (Lipinski definition) is 1. The molecule has 0 unspecified atom stereocenters. The maximum Gasteiger partial charge on any atom is 0.363 e. The zero-order chi connectivity index (χ0) is 25.2. The molecule has 0 radical (unpaired) electrons. The Morgan fingerprint density at radius 3 is 1.64 bits per heavy atom. The van der Waals surface area contributed by atoms with E-state index in [1.54, 1.807) is 23.2 Å². The van der Waals surface area contributed by atoms with Crippen LogP contribution in [0.3, 0.4) is 0 Å². The van der Waals surface area contributed by atoms with E-state index in [1.165, 1.54) is 12.3 Å². The molecule has 6 aliphatic heterocycles. The standard InChI is InChI=1S/C12H14N4O3.C12H16N4O/c17-12-8-14-5-3-9(4-6-14)15(12)10-1-2-11(13-7-10)16(18)19;13-11-2-1-10(7-14-11)16-9-3-5-15(6-4-9)8-12(16)17/h1-2,7,9H,3-6,8H2;1-2,7,9H,3-6,8H2,(H2,13,14). The zero-order valence-electron chi connectivity index (χ0n) is 20.0. The molecular weight excluding hydrogens is 464 g/mol. The maximum atomic E-state index is 12.2. The molecule has 2 aromatic rings. The summed E-state index contributed by atoms with van der Waals surface area (Å²) in [5, 5.41) is 10.6. The minimum atomic E-state index is -0.536. The van der Waals surface area contributed by atoms with Crippen LogP contribution in [0, 0.1) is 10.1 Å². The fourth-order valence-corrected chi connectivity index (χ4v) is 5.49. The highest BCUT2D eigenvalue weighted by molar-refractivity contribution is 5.96. The van der Waals surface area contributed by atoms with Gasteiger partial charge in [-0.05, 0) is 53.8 Å². The largest absolute Gasteiger partial charge is 0.384 e. The first kappa shape index (κ1) is 24.1. The van der Waals surface area contributed by atoms with Crippen molar-refractivity contribution in [1.29, 1.82) is 0 Å². The SMILES string of the molecule is Nc1ccc(N2C(=O)CN3CCC2CC3)cn1.O=C1CN2CCC(CC2)N1c1ccc([N+](=O)[O-])nc1. The molecule has 2 aromatic heterocycles. The van der Waals surface area contributed by atoms with Crippen molar-refractivity contribution in [3.05, 3.63) is 46.8 Å². The Morgan fingerprint density at radius 1 is 0.778 bits per heavy atom. The van der Waals surface area contributed by atoms with Crippen molar-refractivity contribution >= 4 is 34.8 Å². The van der Waals surface area contributed by atoms with E-state index < -0.39 is 4.92 Å². The first-order valence-corrected chi connectivity index (χ1v) is 12.3. The fourth-order valence-electron chi connectivity index (χ4n) is 5.49. The number of nitrogens with two attached hydrogens (primary N) is 1. The number of carbonyl (C=O) groups excluding carboxylic acids is 2. The van der Waals surface area contributed by atoms with Crippen LogP contribution in [0.4, 0.5) is 23.0 Å². The second kappa shape index (κ2) is 10.2. The van der Waals surface area contributed by atoms with Crippen molar-refractivity contribution in [1.82, 2.24) is 19.8 Å². The Bertz CT molecular complexity index is 1110. The molecule has 4 bridgehead atoms. The lowest BCUT2D eigenvalue weighted by Gasteiger charge is -2.31. The van der Waals surface area contributed by atoms with Gasteiger partial charge in [0.25, 0.3) is 0 Å². The van der Waals surface area contributed by atoms with Crippen LogP contribution in [0.25, 0.3) is 0 Å². The van der Waals surface area contributed by atoms with E-state index in [-0.39, 0.29) is 23.7 Å². The highest BCUT2D eigenvalue weighted by Gasteiger charge is 2.36. The number of rotatable bonds is 3. The second-order valence-corrected chi connectivity index (χ2v) is 9.62. The van der Waals surface area contributed by atoms with Gasteiger partial charge in [-0.25, -0.2) is 4.98 Å². The summed E-state index contributed by atoms with van der Waals surface area (Å²) in [4.78, 5) is 50.4. The van der Waals surface area contributed by atoms with Crippen molar-refractivity contribution < 1.29 is 14.5 Å². The molecule has 0 spiro atoms. The Balaban J connectivity index is 0.000000149. The Hall–Kier alpha value is -3.64. The predicted molar refractivity (Wildman–Crippen MR) is 133 cm³/mol. The van der Waals surface area contributed by atoms with Gasteiger partial charge < -0.3 is 25.6 Å². The van der Waals surface area contributed by atoms with Gasteiger partial charge >= 0.3 is 5.82 Å². The minimum absolute atomic E-state index is 0.0515. The third kappa shape index (κ3) is 5.00. The molecule has 0 atom stereocenters. The first-order chi connectivity index (χ1) is 17.4. The number of fused-ring (bicyclic) bond motifs is 8. The van der Waals surface area contributed by atoms with Crippen LogP contribution < -0.4 is 15.5 Å². The van der Waals surface area contributed by atoms with E-state index in [0.29, 0.717) is 30.6 Å². The molecule has 12 nitrogen and oxygen atoms in total. The molecule has 8 heterocycles. The number of pyridine rings is 2. The number of anilines is 3. The summed E-state index contributed by atoms with van der Waals surface area (Å²) in [6.07, 6.45) is 7.11. The third-order valence-corrected chi connectivity index (χ3v) is 7.35. The van der Waals surface area contributed by atoms with Crippen LogP contribution in [0.5, 0.6) is 0 Å². The smallest absolute Gasteiger partial charge is 0.363 e. The minimum Gasteiger partial charge on any atom is -0.384 e. The topological polar surface area (TPSA) is 142 Å². The van der Waals surface area contributed by atoms with Crippen molar-refractivity contribution in [3.63, 3.8) is 0 Å². The van der Waals surface area contributed by atoms with Crippen molar-refractivity contribution in [2.45, 2.75) is 37.8 Å². The van der Waals surface area contributed by atoms with E-state index in [2.05, 4.69) is 19.8 Å². The number of nitro groups is 1. The highest BCUT2D eigenvalue weighted by atomic mass is 16.6. The quantitative estimate of drug-likeness (QED) is 0.493. The lowest BCUT2D eigenvalue weighted by molar-refractivity contribution is -0.389. The molecule has 6 saturated heterocycles. The van der Waals surface area contributed by atoms with Crippen LogP contribution in [-0.4, -0.2) is 87.9 Å². The number of carbonyl (C=O) groups is 2. The molecule has 190 valence electrons.